The lowest BCUT2D eigenvalue weighted by molar-refractivity contribution is -0.153. The SMILES string of the molecule is CCCCC/C=C\C/C=C\CCCCCCCC(=O)OC(CO)COP(=O)(O)OCC(CO)OC(=O)CCCCCCCCCC. The van der Waals surface area contributed by atoms with Gasteiger partial charge in [-0.1, -0.05) is 115 Å². The van der Waals surface area contributed by atoms with Crippen LogP contribution < -0.4 is 0 Å². The smallest absolute Gasteiger partial charge is 0.457 e. The minimum absolute atomic E-state index is 0.177. The Hall–Kier alpha value is -1.55. The summed E-state index contributed by atoms with van der Waals surface area (Å²) in [6.07, 6.45) is 27.4. The molecule has 46 heavy (non-hydrogen) atoms. The minimum Gasteiger partial charge on any atom is -0.457 e. The van der Waals surface area contributed by atoms with Gasteiger partial charge in [0, 0.05) is 12.8 Å². The van der Waals surface area contributed by atoms with Crippen LogP contribution in [0.15, 0.2) is 24.3 Å². The Morgan fingerprint density at radius 2 is 0.957 bits per heavy atom. The number of esters is 2. The quantitative estimate of drug-likeness (QED) is 0.0268. The van der Waals surface area contributed by atoms with Crippen LogP contribution in [0, 0.1) is 0 Å². The summed E-state index contributed by atoms with van der Waals surface area (Å²) in [5.74, 6) is -1.04. The Balaban J connectivity index is 4.02. The number of unbranched alkanes of at least 4 members (excludes halogenated alkanes) is 15. The van der Waals surface area contributed by atoms with E-state index in [0.717, 1.165) is 64.2 Å². The van der Waals surface area contributed by atoms with Gasteiger partial charge in [-0.2, -0.15) is 0 Å². The minimum atomic E-state index is -4.62. The molecule has 0 aromatic carbocycles. The van der Waals surface area contributed by atoms with E-state index in [9.17, 15) is 29.3 Å². The second kappa shape index (κ2) is 32.0. The van der Waals surface area contributed by atoms with Gasteiger partial charge in [-0.3, -0.25) is 18.6 Å². The van der Waals surface area contributed by atoms with E-state index < -0.39 is 58.4 Å². The van der Waals surface area contributed by atoms with Crippen LogP contribution in [0.3, 0.4) is 0 Å². The van der Waals surface area contributed by atoms with E-state index in [0.29, 0.717) is 12.8 Å². The normalized spacial score (nSPS) is 14.5. The molecule has 0 aliphatic rings. The summed E-state index contributed by atoms with van der Waals surface area (Å²) in [7, 11) is -4.62. The van der Waals surface area contributed by atoms with Crippen molar-refractivity contribution in [2.75, 3.05) is 26.4 Å². The summed E-state index contributed by atoms with van der Waals surface area (Å²) in [5.41, 5.74) is 0. The van der Waals surface area contributed by atoms with E-state index in [-0.39, 0.29) is 12.8 Å². The molecule has 0 spiro atoms. The summed E-state index contributed by atoms with van der Waals surface area (Å²) in [6.45, 7) is 2.10. The zero-order chi connectivity index (χ0) is 34.1. The molecule has 0 rings (SSSR count). The number of carbonyl (C=O) groups is 2. The molecule has 0 saturated carbocycles. The highest BCUT2D eigenvalue weighted by molar-refractivity contribution is 7.47. The molecule has 0 saturated heterocycles. The van der Waals surface area contributed by atoms with E-state index in [1.54, 1.807) is 0 Å². The maximum absolute atomic E-state index is 12.3. The third kappa shape index (κ3) is 29.8. The first-order valence-electron chi connectivity index (χ1n) is 17.8. The van der Waals surface area contributed by atoms with E-state index in [1.165, 1.54) is 44.9 Å². The van der Waals surface area contributed by atoms with Crippen molar-refractivity contribution in [1.82, 2.24) is 0 Å². The number of carbonyl (C=O) groups excluding carboxylic acids is 2. The van der Waals surface area contributed by atoms with E-state index in [1.807, 2.05) is 0 Å². The average molecular weight is 677 g/mol. The van der Waals surface area contributed by atoms with Crippen LogP contribution >= 0.6 is 7.82 Å². The summed E-state index contributed by atoms with van der Waals surface area (Å²) in [5, 5.41) is 19.0. The van der Waals surface area contributed by atoms with Gasteiger partial charge in [0.2, 0.25) is 0 Å². The number of aliphatic hydroxyl groups is 2. The molecule has 11 heteroatoms. The van der Waals surface area contributed by atoms with Crippen LogP contribution in [0.1, 0.15) is 149 Å². The highest BCUT2D eigenvalue weighted by Crippen LogP contribution is 2.43. The molecule has 0 aromatic rings. The molecule has 10 nitrogen and oxygen atoms in total. The molecule has 0 fully saturated rings. The monoisotopic (exact) mass is 676 g/mol. The van der Waals surface area contributed by atoms with E-state index >= 15 is 0 Å². The summed E-state index contributed by atoms with van der Waals surface area (Å²) in [6, 6.07) is 0. The van der Waals surface area contributed by atoms with Crippen molar-refractivity contribution >= 4 is 19.8 Å². The molecular weight excluding hydrogens is 611 g/mol. The molecule has 270 valence electrons. The number of allylic oxidation sites excluding steroid dienone is 4. The third-order valence-corrected chi connectivity index (χ3v) is 8.37. The Kier molecular flexibility index (Phi) is 30.9. The van der Waals surface area contributed by atoms with Gasteiger partial charge in [-0.05, 0) is 44.9 Å². The molecule has 0 radical (unpaired) electrons. The van der Waals surface area contributed by atoms with Crippen LogP contribution in [0.4, 0.5) is 0 Å². The first-order valence-corrected chi connectivity index (χ1v) is 19.3. The average Bonchev–Trinajstić information content (AvgIpc) is 3.04. The number of ether oxygens (including phenoxy) is 2. The molecule has 0 aliphatic carbocycles. The second-order valence-electron chi connectivity index (χ2n) is 11.9. The summed E-state index contributed by atoms with van der Waals surface area (Å²) < 4.78 is 32.3. The van der Waals surface area contributed by atoms with Crippen molar-refractivity contribution in [3.8, 4) is 0 Å². The van der Waals surface area contributed by atoms with Crippen molar-refractivity contribution in [3.05, 3.63) is 24.3 Å². The van der Waals surface area contributed by atoms with Gasteiger partial charge in [-0.25, -0.2) is 4.57 Å². The summed E-state index contributed by atoms with van der Waals surface area (Å²) >= 11 is 0. The third-order valence-electron chi connectivity index (χ3n) is 7.42. The fourth-order valence-electron chi connectivity index (χ4n) is 4.61. The highest BCUT2D eigenvalue weighted by Gasteiger charge is 2.27. The van der Waals surface area contributed by atoms with Crippen LogP contribution in [-0.4, -0.2) is 65.7 Å². The van der Waals surface area contributed by atoms with Gasteiger partial charge >= 0.3 is 19.8 Å². The van der Waals surface area contributed by atoms with Gasteiger partial charge in [0.15, 0.2) is 0 Å². The highest BCUT2D eigenvalue weighted by atomic mass is 31.2. The van der Waals surface area contributed by atoms with Crippen molar-refractivity contribution < 1.29 is 47.8 Å². The largest absolute Gasteiger partial charge is 0.472 e. The van der Waals surface area contributed by atoms with Crippen LogP contribution in [0.25, 0.3) is 0 Å². The standard InChI is InChI=1S/C35H65O10P/c1-3-5-7-9-11-13-14-15-16-17-18-19-21-23-25-27-35(39)45-33(29-37)31-43-46(40,41)42-30-32(28-36)44-34(38)26-24-22-20-12-10-8-6-4-2/h11,13,15-16,32-33,36-37H,3-10,12,14,17-31H2,1-2H3,(H,40,41)/b13-11-,16-15-. The lowest BCUT2D eigenvalue weighted by Gasteiger charge is -2.20. The zero-order valence-electron chi connectivity index (χ0n) is 28.8. The van der Waals surface area contributed by atoms with Crippen LogP contribution in [-0.2, 0) is 32.7 Å². The van der Waals surface area contributed by atoms with E-state index in [2.05, 4.69) is 38.2 Å². The first-order chi connectivity index (χ1) is 22.3. The van der Waals surface area contributed by atoms with Gasteiger partial charge in [0.05, 0.1) is 26.4 Å². The molecule has 0 aromatic heterocycles. The second-order valence-corrected chi connectivity index (χ2v) is 13.3. The molecule has 0 bridgehead atoms. The lowest BCUT2D eigenvalue weighted by Crippen LogP contribution is -2.28. The number of rotatable bonds is 33. The Labute approximate surface area is 278 Å². The molecule has 0 amide bonds. The number of phosphoric acid groups is 1. The van der Waals surface area contributed by atoms with Gasteiger partial charge in [0.25, 0.3) is 0 Å². The Bertz CT molecular complexity index is 832. The van der Waals surface area contributed by atoms with Gasteiger partial charge < -0.3 is 24.6 Å². The zero-order valence-corrected chi connectivity index (χ0v) is 29.7. The molecule has 3 atom stereocenters. The number of aliphatic hydroxyl groups excluding tert-OH is 2. The fourth-order valence-corrected chi connectivity index (χ4v) is 5.40. The maximum Gasteiger partial charge on any atom is 0.472 e. The summed E-state index contributed by atoms with van der Waals surface area (Å²) in [4.78, 5) is 34.2. The predicted molar refractivity (Wildman–Crippen MR) is 182 cm³/mol. The Morgan fingerprint density at radius 1 is 0.587 bits per heavy atom. The van der Waals surface area contributed by atoms with Crippen molar-refractivity contribution in [2.45, 2.75) is 161 Å². The number of phosphoric ester groups is 1. The molecule has 0 heterocycles. The van der Waals surface area contributed by atoms with E-state index in [4.69, 9.17) is 18.5 Å². The molecule has 3 unspecified atom stereocenters. The van der Waals surface area contributed by atoms with Gasteiger partial charge in [0.1, 0.15) is 12.2 Å². The van der Waals surface area contributed by atoms with Gasteiger partial charge in [-0.15, -0.1) is 0 Å². The van der Waals surface area contributed by atoms with Crippen LogP contribution in [0.5, 0.6) is 0 Å². The molecular formula is C35H65O10P. The number of hydrogen-bond donors (Lipinski definition) is 3. The maximum atomic E-state index is 12.3. The molecule has 0 aliphatic heterocycles. The topological polar surface area (TPSA) is 149 Å². The van der Waals surface area contributed by atoms with Crippen LogP contribution in [0.2, 0.25) is 0 Å². The van der Waals surface area contributed by atoms with Crippen molar-refractivity contribution in [3.63, 3.8) is 0 Å². The molecule has 3 N–H and O–H groups in total. The van der Waals surface area contributed by atoms with Crippen molar-refractivity contribution in [2.24, 2.45) is 0 Å². The first kappa shape index (κ1) is 44.5. The number of hydrogen-bond acceptors (Lipinski definition) is 9. The fraction of sp³-hybridized carbons (Fsp3) is 0.829. The lowest BCUT2D eigenvalue weighted by atomic mass is 10.1. The predicted octanol–water partition coefficient (Wildman–Crippen LogP) is 8.27. The Morgan fingerprint density at radius 3 is 1.39 bits per heavy atom. The van der Waals surface area contributed by atoms with Crippen molar-refractivity contribution in [1.29, 1.82) is 0 Å².